The third kappa shape index (κ3) is 3.89. The molecule has 8 heteroatoms. The van der Waals surface area contributed by atoms with Crippen LogP contribution in [0.3, 0.4) is 0 Å². The van der Waals surface area contributed by atoms with Gasteiger partial charge >= 0.3 is 0 Å². The van der Waals surface area contributed by atoms with Crippen LogP contribution in [0.15, 0.2) is 12.4 Å². The minimum atomic E-state index is -0.160. The molecule has 3 N–H and O–H groups in total. The van der Waals surface area contributed by atoms with Gasteiger partial charge in [0.2, 0.25) is 5.91 Å². The van der Waals surface area contributed by atoms with Crippen molar-refractivity contribution in [3.8, 4) is 0 Å². The van der Waals surface area contributed by atoms with E-state index in [0.717, 1.165) is 30.0 Å². The molecule has 1 atom stereocenters. The van der Waals surface area contributed by atoms with Crippen LogP contribution in [-0.4, -0.2) is 38.9 Å². The standard InChI is InChI=1S/C15H21N5O2S/c1-10-18-12-3-2-4-13(15(12)23-10)19-11-7-17-20(8-11)9-14(22)16-5-6-21/h7-8,13,19,21H,2-6,9H2,1H3,(H,16,22). The zero-order valence-corrected chi connectivity index (χ0v) is 13.9. The lowest BCUT2D eigenvalue weighted by Crippen LogP contribution is -2.30. The summed E-state index contributed by atoms with van der Waals surface area (Å²) in [5.41, 5.74) is 2.12. The van der Waals surface area contributed by atoms with Crippen LogP contribution in [0.1, 0.15) is 34.5 Å². The molecule has 2 aromatic heterocycles. The number of nitrogens with zero attached hydrogens (tertiary/aromatic N) is 3. The van der Waals surface area contributed by atoms with E-state index in [4.69, 9.17) is 5.11 Å². The summed E-state index contributed by atoms with van der Waals surface area (Å²) >= 11 is 1.76. The first kappa shape index (κ1) is 15.9. The summed E-state index contributed by atoms with van der Waals surface area (Å²) in [6.07, 6.45) is 6.84. The fourth-order valence-electron chi connectivity index (χ4n) is 2.80. The van der Waals surface area contributed by atoms with E-state index in [1.807, 2.05) is 13.1 Å². The summed E-state index contributed by atoms with van der Waals surface area (Å²) < 4.78 is 1.59. The van der Waals surface area contributed by atoms with E-state index in [-0.39, 0.29) is 31.6 Å². The summed E-state index contributed by atoms with van der Waals surface area (Å²) in [5, 5.41) is 20.1. The molecule has 1 unspecified atom stereocenters. The van der Waals surface area contributed by atoms with Gasteiger partial charge in [0.15, 0.2) is 0 Å². The number of hydrogen-bond acceptors (Lipinski definition) is 6. The highest BCUT2D eigenvalue weighted by molar-refractivity contribution is 7.11. The molecule has 124 valence electrons. The van der Waals surface area contributed by atoms with Crippen molar-refractivity contribution in [2.24, 2.45) is 0 Å². The third-order valence-electron chi connectivity index (χ3n) is 3.77. The number of aromatic nitrogens is 3. The largest absolute Gasteiger partial charge is 0.395 e. The van der Waals surface area contributed by atoms with Gasteiger partial charge in [-0.05, 0) is 26.2 Å². The van der Waals surface area contributed by atoms with Crippen LogP contribution in [0, 0.1) is 6.92 Å². The molecule has 0 saturated heterocycles. The number of anilines is 1. The van der Waals surface area contributed by atoms with Crippen molar-refractivity contribution in [3.63, 3.8) is 0 Å². The summed E-state index contributed by atoms with van der Waals surface area (Å²) in [7, 11) is 0. The smallest absolute Gasteiger partial charge is 0.241 e. The molecule has 0 aliphatic heterocycles. The first-order valence-corrected chi connectivity index (χ1v) is 8.60. The topological polar surface area (TPSA) is 92.1 Å². The number of nitrogens with one attached hydrogen (secondary N) is 2. The molecular formula is C15H21N5O2S. The van der Waals surface area contributed by atoms with E-state index in [0.29, 0.717) is 0 Å². The molecule has 0 bridgehead atoms. The molecule has 0 spiro atoms. The van der Waals surface area contributed by atoms with E-state index in [9.17, 15) is 4.79 Å². The Labute approximate surface area is 138 Å². The van der Waals surface area contributed by atoms with Gasteiger partial charge in [0, 0.05) is 12.7 Å². The molecule has 0 radical (unpaired) electrons. The van der Waals surface area contributed by atoms with Gasteiger partial charge in [0.1, 0.15) is 6.54 Å². The molecule has 1 aliphatic rings. The molecule has 0 fully saturated rings. The molecule has 2 heterocycles. The minimum absolute atomic E-state index is 0.0596. The summed E-state index contributed by atoms with van der Waals surface area (Å²) in [5.74, 6) is -0.160. The number of hydrogen-bond donors (Lipinski definition) is 3. The molecule has 23 heavy (non-hydrogen) atoms. The van der Waals surface area contributed by atoms with Crippen molar-refractivity contribution < 1.29 is 9.90 Å². The van der Waals surface area contributed by atoms with Crippen molar-refractivity contribution in [1.29, 1.82) is 0 Å². The fraction of sp³-hybridized carbons (Fsp3) is 0.533. The summed E-state index contributed by atoms with van der Waals surface area (Å²) in [4.78, 5) is 17.5. The van der Waals surface area contributed by atoms with Gasteiger partial charge in [0.25, 0.3) is 0 Å². The van der Waals surface area contributed by atoms with Gasteiger partial charge in [-0.15, -0.1) is 11.3 Å². The Bertz CT molecular complexity index is 681. The number of carbonyl (C=O) groups excluding carboxylic acids is 1. The maximum Gasteiger partial charge on any atom is 0.241 e. The Hall–Kier alpha value is -1.93. The van der Waals surface area contributed by atoms with E-state index in [1.165, 1.54) is 10.6 Å². The van der Waals surface area contributed by atoms with Gasteiger partial charge in [0.05, 0.1) is 40.1 Å². The lowest BCUT2D eigenvalue weighted by Gasteiger charge is -2.22. The number of thiazole rings is 1. The summed E-state index contributed by atoms with van der Waals surface area (Å²) in [6, 6.07) is 0.269. The van der Waals surface area contributed by atoms with Crippen LogP contribution in [0.4, 0.5) is 5.69 Å². The van der Waals surface area contributed by atoms with Gasteiger partial charge in [-0.1, -0.05) is 0 Å². The number of aliphatic hydroxyl groups excluding tert-OH is 1. The van der Waals surface area contributed by atoms with Gasteiger partial charge < -0.3 is 15.7 Å². The Morgan fingerprint density at radius 3 is 3.26 bits per heavy atom. The number of carbonyl (C=O) groups is 1. The summed E-state index contributed by atoms with van der Waals surface area (Å²) in [6.45, 7) is 2.40. The Balaban J connectivity index is 1.62. The van der Waals surface area contributed by atoms with Gasteiger partial charge in [-0.25, -0.2) is 4.98 Å². The Morgan fingerprint density at radius 2 is 2.43 bits per heavy atom. The van der Waals surface area contributed by atoms with Crippen LogP contribution in [-0.2, 0) is 17.8 Å². The quantitative estimate of drug-likeness (QED) is 0.739. The predicted molar refractivity (Wildman–Crippen MR) is 88.5 cm³/mol. The second-order valence-electron chi connectivity index (χ2n) is 5.63. The molecular weight excluding hydrogens is 314 g/mol. The van der Waals surface area contributed by atoms with E-state index >= 15 is 0 Å². The van der Waals surface area contributed by atoms with Gasteiger partial charge in [-0.2, -0.15) is 5.10 Å². The Morgan fingerprint density at radius 1 is 1.57 bits per heavy atom. The van der Waals surface area contributed by atoms with Crippen molar-refractivity contribution in [3.05, 3.63) is 28.0 Å². The number of aryl methyl sites for hydroxylation is 2. The maximum atomic E-state index is 11.6. The zero-order valence-electron chi connectivity index (χ0n) is 13.1. The van der Waals surface area contributed by atoms with Crippen LogP contribution in [0.5, 0.6) is 0 Å². The molecule has 1 amide bonds. The molecule has 0 aromatic carbocycles. The fourth-order valence-corrected chi connectivity index (χ4v) is 3.86. The number of aliphatic hydroxyl groups is 1. The minimum Gasteiger partial charge on any atom is -0.395 e. The van der Waals surface area contributed by atoms with E-state index < -0.39 is 0 Å². The lowest BCUT2D eigenvalue weighted by atomic mass is 9.98. The average molecular weight is 335 g/mol. The second kappa shape index (κ2) is 7.10. The van der Waals surface area contributed by atoms with Crippen LogP contribution >= 0.6 is 11.3 Å². The molecule has 7 nitrogen and oxygen atoms in total. The molecule has 1 aliphatic carbocycles. The first-order chi connectivity index (χ1) is 11.2. The van der Waals surface area contributed by atoms with Crippen molar-refractivity contribution in [2.75, 3.05) is 18.5 Å². The monoisotopic (exact) mass is 335 g/mol. The average Bonchev–Trinajstić information content (AvgIpc) is 3.11. The van der Waals surface area contributed by atoms with Crippen molar-refractivity contribution in [2.45, 2.75) is 38.8 Å². The van der Waals surface area contributed by atoms with Gasteiger partial charge in [-0.3, -0.25) is 9.48 Å². The van der Waals surface area contributed by atoms with Crippen molar-refractivity contribution in [1.82, 2.24) is 20.1 Å². The van der Waals surface area contributed by atoms with Crippen LogP contribution in [0.25, 0.3) is 0 Å². The Kier molecular flexibility index (Phi) is 4.92. The molecule has 3 rings (SSSR count). The molecule has 0 saturated carbocycles. The number of rotatable bonds is 6. The van der Waals surface area contributed by atoms with Crippen molar-refractivity contribution >= 4 is 22.9 Å². The highest BCUT2D eigenvalue weighted by atomic mass is 32.1. The zero-order chi connectivity index (χ0) is 16.2. The normalized spacial score (nSPS) is 16.9. The SMILES string of the molecule is Cc1nc2c(s1)C(Nc1cnn(CC(=O)NCCO)c1)CCC2. The highest BCUT2D eigenvalue weighted by Gasteiger charge is 2.24. The highest BCUT2D eigenvalue weighted by Crippen LogP contribution is 2.36. The number of fused-ring (bicyclic) bond motifs is 1. The first-order valence-electron chi connectivity index (χ1n) is 7.78. The predicted octanol–water partition coefficient (Wildman–Crippen LogP) is 1.25. The number of amides is 1. The third-order valence-corrected chi connectivity index (χ3v) is 4.90. The van der Waals surface area contributed by atoms with Crippen LogP contribution in [0.2, 0.25) is 0 Å². The van der Waals surface area contributed by atoms with Crippen LogP contribution < -0.4 is 10.6 Å². The lowest BCUT2D eigenvalue weighted by molar-refractivity contribution is -0.122. The van der Waals surface area contributed by atoms with E-state index in [2.05, 4.69) is 20.7 Å². The molecule has 2 aromatic rings. The maximum absolute atomic E-state index is 11.6. The second-order valence-corrected chi connectivity index (χ2v) is 6.87. The van der Waals surface area contributed by atoms with E-state index in [1.54, 1.807) is 22.2 Å².